The fourth-order valence-corrected chi connectivity index (χ4v) is 1.51. The first-order valence-corrected chi connectivity index (χ1v) is 5.23. The first-order chi connectivity index (χ1) is 6.15. The summed E-state index contributed by atoms with van der Waals surface area (Å²) < 4.78 is 6.27. The van der Waals surface area contributed by atoms with Crippen molar-refractivity contribution in [3.8, 4) is 0 Å². The molecule has 1 aromatic rings. The summed E-state index contributed by atoms with van der Waals surface area (Å²) in [7, 11) is 1.67. The third-order valence-corrected chi connectivity index (χ3v) is 3.17. The number of methoxy groups -OCH3 is 1. The molecule has 72 valence electrons. The highest BCUT2D eigenvalue weighted by atomic mass is 127. The van der Waals surface area contributed by atoms with Gasteiger partial charge in [-0.3, -0.25) is 0 Å². The molecule has 0 saturated carbocycles. The normalized spacial score (nSPS) is 12.9. The number of benzene rings is 1. The number of halogens is 1. The quantitative estimate of drug-likeness (QED) is 0.867. The van der Waals surface area contributed by atoms with E-state index in [1.807, 2.05) is 0 Å². The second-order valence-electron chi connectivity index (χ2n) is 3.07. The van der Waals surface area contributed by atoms with Gasteiger partial charge in [-0.25, -0.2) is 0 Å². The summed E-state index contributed by atoms with van der Waals surface area (Å²) in [6.45, 7) is 2.66. The molecule has 0 spiro atoms. The van der Waals surface area contributed by atoms with Gasteiger partial charge in [-0.15, -0.1) is 0 Å². The fraction of sp³-hybridized carbons (Fsp3) is 0.400. The van der Waals surface area contributed by atoms with Crippen LogP contribution in [0.5, 0.6) is 0 Å². The minimum absolute atomic E-state index is 0.0132. The first-order valence-electron chi connectivity index (χ1n) is 4.15. The molecule has 3 heteroatoms. The average molecular weight is 291 g/mol. The zero-order valence-corrected chi connectivity index (χ0v) is 10.0. The summed E-state index contributed by atoms with van der Waals surface area (Å²) in [6.07, 6.45) is 0. The molecule has 2 N–H and O–H groups in total. The van der Waals surface area contributed by atoms with Gasteiger partial charge >= 0.3 is 0 Å². The number of rotatable bonds is 3. The molecule has 0 aromatic heterocycles. The summed E-state index contributed by atoms with van der Waals surface area (Å²) >= 11 is 2.31. The van der Waals surface area contributed by atoms with Crippen LogP contribution in [0.1, 0.15) is 17.2 Å². The Morgan fingerprint density at radius 1 is 1.54 bits per heavy atom. The zero-order chi connectivity index (χ0) is 9.84. The van der Waals surface area contributed by atoms with E-state index in [-0.39, 0.29) is 6.04 Å². The van der Waals surface area contributed by atoms with Gasteiger partial charge in [-0.05, 0) is 46.7 Å². The number of ether oxygens (including phenoxy) is 1. The Morgan fingerprint density at radius 2 is 2.23 bits per heavy atom. The van der Waals surface area contributed by atoms with Gasteiger partial charge in [0, 0.05) is 10.7 Å². The maximum absolute atomic E-state index is 5.90. The Balaban J connectivity index is 2.84. The second kappa shape index (κ2) is 4.93. The highest BCUT2D eigenvalue weighted by Crippen LogP contribution is 2.17. The molecule has 1 aromatic carbocycles. The van der Waals surface area contributed by atoms with Crippen LogP contribution >= 0.6 is 22.6 Å². The van der Waals surface area contributed by atoms with Crippen LogP contribution in [-0.4, -0.2) is 13.7 Å². The van der Waals surface area contributed by atoms with E-state index in [1.54, 1.807) is 7.11 Å². The largest absolute Gasteiger partial charge is 0.383 e. The molecule has 0 aliphatic carbocycles. The van der Waals surface area contributed by atoms with E-state index in [1.165, 1.54) is 9.13 Å². The van der Waals surface area contributed by atoms with Crippen LogP contribution in [0.25, 0.3) is 0 Å². The van der Waals surface area contributed by atoms with Gasteiger partial charge in [-0.2, -0.15) is 0 Å². The van der Waals surface area contributed by atoms with Crippen molar-refractivity contribution in [1.29, 1.82) is 0 Å². The Kier molecular flexibility index (Phi) is 4.15. The SMILES string of the molecule is COC[C@@H](N)c1ccc(I)c(C)c1. The highest BCUT2D eigenvalue weighted by Gasteiger charge is 2.05. The molecular weight excluding hydrogens is 277 g/mol. The van der Waals surface area contributed by atoms with Crippen molar-refractivity contribution < 1.29 is 4.74 Å². The zero-order valence-electron chi connectivity index (χ0n) is 7.88. The van der Waals surface area contributed by atoms with Crippen molar-refractivity contribution in [3.05, 3.63) is 32.9 Å². The Morgan fingerprint density at radius 3 is 2.77 bits per heavy atom. The van der Waals surface area contributed by atoms with Crippen LogP contribution in [0.3, 0.4) is 0 Å². The molecule has 2 nitrogen and oxygen atoms in total. The van der Waals surface area contributed by atoms with Gasteiger partial charge in [0.25, 0.3) is 0 Å². The monoisotopic (exact) mass is 291 g/mol. The van der Waals surface area contributed by atoms with Gasteiger partial charge in [-0.1, -0.05) is 12.1 Å². The molecule has 0 aliphatic rings. The Labute approximate surface area is 92.6 Å². The lowest BCUT2D eigenvalue weighted by Gasteiger charge is -2.11. The lowest BCUT2D eigenvalue weighted by Crippen LogP contribution is -2.16. The van der Waals surface area contributed by atoms with Crippen molar-refractivity contribution in [2.75, 3.05) is 13.7 Å². The molecule has 0 radical (unpaired) electrons. The summed E-state index contributed by atoms with van der Waals surface area (Å²) in [5.74, 6) is 0. The highest BCUT2D eigenvalue weighted by molar-refractivity contribution is 14.1. The number of hydrogen-bond acceptors (Lipinski definition) is 2. The Hall–Kier alpha value is -0.130. The van der Waals surface area contributed by atoms with Gasteiger partial charge in [0.2, 0.25) is 0 Å². The molecule has 0 bridgehead atoms. The van der Waals surface area contributed by atoms with E-state index in [9.17, 15) is 0 Å². The molecule has 0 aliphatic heterocycles. The molecule has 0 heterocycles. The van der Waals surface area contributed by atoms with E-state index in [0.717, 1.165) is 5.56 Å². The standard InChI is InChI=1S/C10H14INO/c1-7-5-8(3-4-9(7)11)10(12)6-13-2/h3-5,10H,6,12H2,1-2H3/t10-/m1/s1. The van der Waals surface area contributed by atoms with Crippen LogP contribution in [-0.2, 0) is 4.74 Å². The minimum Gasteiger partial charge on any atom is -0.383 e. The summed E-state index contributed by atoms with van der Waals surface area (Å²) in [5, 5.41) is 0. The molecule has 0 fully saturated rings. The number of hydrogen-bond donors (Lipinski definition) is 1. The first kappa shape index (κ1) is 10.9. The van der Waals surface area contributed by atoms with E-state index >= 15 is 0 Å². The molecular formula is C10H14INO. The van der Waals surface area contributed by atoms with Gasteiger partial charge in [0.1, 0.15) is 0 Å². The molecule has 13 heavy (non-hydrogen) atoms. The lowest BCUT2D eigenvalue weighted by molar-refractivity contribution is 0.181. The predicted octanol–water partition coefficient (Wildman–Crippen LogP) is 2.25. The number of nitrogens with two attached hydrogens (primary N) is 1. The number of aryl methyl sites for hydroxylation is 1. The average Bonchev–Trinajstić information content (AvgIpc) is 2.10. The minimum atomic E-state index is -0.0132. The van der Waals surface area contributed by atoms with Crippen LogP contribution in [0.15, 0.2) is 18.2 Å². The molecule has 0 saturated heterocycles. The van der Waals surface area contributed by atoms with E-state index in [4.69, 9.17) is 10.5 Å². The van der Waals surface area contributed by atoms with Gasteiger partial charge in [0.15, 0.2) is 0 Å². The van der Waals surface area contributed by atoms with Crippen LogP contribution in [0.4, 0.5) is 0 Å². The fourth-order valence-electron chi connectivity index (χ4n) is 1.17. The summed E-state index contributed by atoms with van der Waals surface area (Å²) in [6, 6.07) is 6.24. The van der Waals surface area contributed by atoms with E-state index < -0.39 is 0 Å². The van der Waals surface area contributed by atoms with Crippen molar-refractivity contribution in [3.63, 3.8) is 0 Å². The molecule has 0 amide bonds. The van der Waals surface area contributed by atoms with Crippen LogP contribution in [0, 0.1) is 10.5 Å². The molecule has 1 rings (SSSR count). The predicted molar refractivity (Wildman–Crippen MR) is 62.7 cm³/mol. The Bertz CT molecular complexity index is 288. The maximum Gasteiger partial charge on any atom is 0.0655 e. The summed E-state index contributed by atoms with van der Waals surface area (Å²) in [4.78, 5) is 0. The van der Waals surface area contributed by atoms with Gasteiger partial charge < -0.3 is 10.5 Å². The van der Waals surface area contributed by atoms with Crippen LogP contribution < -0.4 is 5.73 Å². The van der Waals surface area contributed by atoms with Crippen molar-refractivity contribution >= 4 is 22.6 Å². The van der Waals surface area contributed by atoms with Crippen molar-refractivity contribution in [2.24, 2.45) is 5.73 Å². The molecule has 0 unspecified atom stereocenters. The van der Waals surface area contributed by atoms with E-state index in [0.29, 0.717) is 6.61 Å². The van der Waals surface area contributed by atoms with Crippen LogP contribution in [0.2, 0.25) is 0 Å². The summed E-state index contributed by atoms with van der Waals surface area (Å²) in [5.41, 5.74) is 8.30. The van der Waals surface area contributed by atoms with E-state index in [2.05, 4.69) is 47.7 Å². The van der Waals surface area contributed by atoms with Crippen molar-refractivity contribution in [2.45, 2.75) is 13.0 Å². The third-order valence-electron chi connectivity index (χ3n) is 1.96. The third kappa shape index (κ3) is 2.93. The second-order valence-corrected chi connectivity index (χ2v) is 4.23. The smallest absolute Gasteiger partial charge is 0.0655 e. The lowest BCUT2D eigenvalue weighted by atomic mass is 10.1. The maximum atomic E-state index is 5.90. The molecule has 1 atom stereocenters. The van der Waals surface area contributed by atoms with Gasteiger partial charge in [0.05, 0.1) is 12.6 Å². The van der Waals surface area contributed by atoms with Crippen molar-refractivity contribution in [1.82, 2.24) is 0 Å². The topological polar surface area (TPSA) is 35.2 Å².